The maximum Gasteiger partial charge on any atom is 0.184 e. The molecule has 0 saturated heterocycles. The van der Waals surface area contributed by atoms with Crippen molar-refractivity contribution in [2.75, 3.05) is 0 Å². The molecule has 0 bridgehead atoms. The molecule has 2 aromatic rings. The van der Waals surface area contributed by atoms with Crippen molar-refractivity contribution in [2.45, 2.75) is 26.2 Å². The number of halogens is 1. The van der Waals surface area contributed by atoms with E-state index in [-0.39, 0.29) is 5.41 Å². The maximum absolute atomic E-state index is 5.91. The van der Waals surface area contributed by atoms with Crippen LogP contribution in [-0.4, -0.2) is 4.98 Å². The summed E-state index contributed by atoms with van der Waals surface area (Å²) in [5.41, 5.74) is 2.44. The van der Waals surface area contributed by atoms with E-state index < -0.39 is 0 Å². The molecular formula is C11H12ClNS. The number of benzene rings is 1. The van der Waals surface area contributed by atoms with Crippen molar-refractivity contribution < 1.29 is 0 Å². The highest BCUT2D eigenvalue weighted by molar-refractivity contribution is 7.22. The van der Waals surface area contributed by atoms with E-state index in [2.05, 4.69) is 44.0 Å². The Morgan fingerprint density at radius 1 is 1.29 bits per heavy atom. The summed E-state index contributed by atoms with van der Waals surface area (Å²) in [6, 6.07) is 6.25. The van der Waals surface area contributed by atoms with Crippen LogP contribution in [-0.2, 0) is 5.41 Å². The lowest BCUT2D eigenvalue weighted by atomic mass is 9.86. The van der Waals surface area contributed by atoms with E-state index in [4.69, 9.17) is 11.6 Å². The number of nitrogens with zero attached hydrogens (tertiary/aromatic N) is 1. The van der Waals surface area contributed by atoms with E-state index in [1.165, 1.54) is 21.6 Å². The average molecular weight is 226 g/mol. The van der Waals surface area contributed by atoms with Gasteiger partial charge in [0.05, 0.1) is 10.2 Å². The number of para-hydroxylation sites is 1. The van der Waals surface area contributed by atoms with Crippen molar-refractivity contribution in [1.29, 1.82) is 0 Å². The van der Waals surface area contributed by atoms with E-state index in [1.807, 2.05) is 0 Å². The summed E-state index contributed by atoms with van der Waals surface area (Å²) >= 11 is 7.45. The Morgan fingerprint density at radius 3 is 2.64 bits per heavy atom. The Labute approximate surface area is 92.7 Å². The lowest BCUT2D eigenvalue weighted by molar-refractivity contribution is 0.595. The minimum absolute atomic E-state index is 0.122. The normalized spacial score (nSPS) is 12.3. The van der Waals surface area contributed by atoms with Gasteiger partial charge in [-0.3, -0.25) is 0 Å². The molecule has 14 heavy (non-hydrogen) atoms. The van der Waals surface area contributed by atoms with Crippen LogP contribution in [0.3, 0.4) is 0 Å². The van der Waals surface area contributed by atoms with Gasteiger partial charge in [-0.15, -0.1) is 11.3 Å². The van der Waals surface area contributed by atoms with E-state index in [0.29, 0.717) is 4.47 Å². The molecule has 0 aliphatic rings. The maximum atomic E-state index is 5.91. The first-order valence-corrected chi connectivity index (χ1v) is 5.73. The summed E-state index contributed by atoms with van der Waals surface area (Å²) < 4.78 is 1.79. The standard InChI is InChI=1S/C11H12ClNS/c1-11(2,3)7-5-4-6-8-9(7)13-10(12)14-8/h4-6H,1-3H3. The van der Waals surface area contributed by atoms with Gasteiger partial charge < -0.3 is 0 Å². The average Bonchev–Trinajstić information content (AvgIpc) is 2.41. The van der Waals surface area contributed by atoms with Gasteiger partial charge in [0, 0.05) is 0 Å². The topological polar surface area (TPSA) is 12.9 Å². The van der Waals surface area contributed by atoms with Crippen LogP contribution in [0.1, 0.15) is 26.3 Å². The van der Waals surface area contributed by atoms with E-state index in [1.54, 1.807) is 0 Å². The van der Waals surface area contributed by atoms with Gasteiger partial charge in [0.25, 0.3) is 0 Å². The van der Waals surface area contributed by atoms with Crippen LogP contribution in [0.25, 0.3) is 10.2 Å². The molecule has 2 rings (SSSR count). The van der Waals surface area contributed by atoms with E-state index in [0.717, 1.165) is 5.52 Å². The van der Waals surface area contributed by atoms with Gasteiger partial charge in [0.2, 0.25) is 0 Å². The van der Waals surface area contributed by atoms with Gasteiger partial charge in [0.1, 0.15) is 0 Å². The van der Waals surface area contributed by atoms with Crippen LogP contribution < -0.4 is 0 Å². The fraction of sp³-hybridized carbons (Fsp3) is 0.364. The van der Waals surface area contributed by atoms with E-state index in [9.17, 15) is 0 Å². The number of rotatable bonds is 0. The van der Waals surface area contributed by atoms with Crippen LogP contribution >= 0.6 is 22.9 Å². The molecule has 1 nitrogen and oxygen atoms in total. The zero-order valence-corrected chi connectivity index (χ0v) is 10.0. The van der Waals surface area contributed by atoms with Gasteiger partial charge in [-0.05, 0) is 17.0 Å². The highest BCUT2D eigenvalue weighted by atomic mass is 35.5. The summed E-state index contributed by atoms with van der Waals surface area (Å²) in [6.45, 7) is 6.57. The number of fused-ring (bicyclic) bond motifs is 1. The molecule has 74 valence electrons. The van der Waals surface area contributed by atoms with Crippen molar-refractivity contribution in [3.63, 3.8) is 0 Å². The summed E-state index contributed by atoms with van der Waals surface area (Å²) in [4.78, 5) is 4.36. The molecule has 1 aromatic carbocycles. The SMILES string of the molecule is CC(C)(C)c1cccc2sc(Cl)nc12. The quantitative estimate of drug-likeness (QED) is 0.653. The second kappa shape index (κ2) is 3.21. The third-order valence-electron chi connectivity index (χ3n) is 2.20. The molecule has 0 saturated carbocycles. The fourth-order valence-electron chi connectivity index (χ4n) is 1.53. The predicted molar refractivity (Wildman–Crippen MR) is 63.3 cm³/mol. The largest absolute Gasteiger partial charge is 0.225 e. The third kappa shape index (κ3) is 1.64. The molecule has 0 spiro atoms. The van der Waals surface area contributed by atoms with Crippen LogP contribution in [0.4, 0.5) is 0 Å². The summed E-state index contributed by atoms with van der Waals surface area (Å²) in [5.74, 6) is 0. The Hall–Kier alpha value is -0.600. The van der Waals surface area contributed by atoms with Crippen molar-refractivity contribution in [1.82, 2.24) is 4.98 Å². The van der Waals surface area contributed by atoms with Gasteiger partial charge in [-0.25, -0.2) is 4.98 Å². The Balaban J connectivity index is 2.77. The third-order valence-corrected chi connectivity index (χ3v) is 3.33. The van der Waals surface area contributed by atoms with E-state index >= 15 is 0 Å². The van der Waals surface area contributed by atoms with Crippen molar-refractivity contribution in [3.8, 4) is 0 Å². The Kier molecular flexibility index (Phi) is 2.28. The summed E-state index contributed by atoms with van der Waals surface area (Å²) in [6.07, 6.45) is 0. The second-order valence-corrected chi connectivity index (χ2v) is 5.98. The summed E-state index contributed by atoms with van der Waals surface area (Å²) in [7, 11) is 0. The van der Waals surface area contributed by atoms with Crippen LogP contribution in [0.2, 0.25) is 4.47 Å². The van der Waals surface area contributed by atoms with Gasteiger partial charge in [-0.1, -0.05) is 44.5 Å². The zero-order chi connectivity index (χ0) is 10.3. The second-order valence-electron chi connectivity index (χ2n) is 4.37. The first-order chi connectivity index (χ1) is 6.48. The Morgan fingerprint density at radius 2 is 2.00 bits per heavy atom. The fourth-order valence-corrected chi connectivity index (χ4v) is 2.58. The van der Waals surface area contributed by atoms with Gasteiger partial charge >= 0.3 is 0 Å². The smallest absolute Gasteiger partial charge is 0.184 e. The van der Waals surface area contributed by atoms with Crippen molar-refractivity contribution >= 4 is 33.2 Å². The van der Waals surface area contributed by atoms with Crippen LogP contribution in [0.15, 0.2) is 18.2 Å². The number of thiazole rings is 1. The molecule has 0 radical (unpaired) electrons. The molecule has 0 amide bonds. The van der Waals surface area contributed by atoms with Gasteiger partial charge in [-0.2, -0.15) is 0 Å². The molecule has 0 fully saturated rings. The number of aromatic nitrogens is 1. The van der Waals surface area contributed by atoms with Crippen LogP contribution in [0.5, 0.6) is 0 Å². The summed E-state index contributed by atoms with van der Waals surface area (Å²) in [5, 5.41) is 0. The first kappa shape index (κ1) is 9.94. The molecule has 1 heterocycles. The molecule has 1 aromatic heterocycles. The predicted octanol–water partition coefficient (Wildman–Crippen LogP) is 4.25. The Bertz CT molecular complexity index is 468. The monoisotopic (exact) mass is 225 g/mol. The molecule has 0 N–H and O–H groups in total. The molecule has 0 atom stereocenters. The number of hydrogen-bond donors (Lipinski definition) is 0. The van der Waals surface area contributed by atoms with Crippen molar-refractivity contribution in [3.05, 3.63) is 28.2 Å². The molecule has 0 unspecified atom stereocenters. The molecular weight excluding hydrogens is 214 g/mol. The van der Waals surface area contributed by atoms with Crippen LogP contribution in [0, 0.1) is 0 Å². The van der Waals surface area contributed by atoms with Gasteiger partial charge in [0.15, 0.2) is 4.47 Å². The minimum atomic E-state index is 0.122. The first-order valence-electron chi connectivity index (χ1n) is 4.54. The molecule has 0 aliphatic heterocycles. The van der Waals surface area contributed by atoms with Crippen molar-refractivity contribution in [2.24, 2.45) is 0 Å². The molecule has 0 aliphatic carbocycles. The number of hydrogen-bond acceptors (Lipinski definition) is 2. The highest BCUT2D eigenvalue weighted by Gasteiger charge is 2.18. The lowest BCUT2D eigenvalue weighted by Gasteiger charge is -2.19. The minimum Gasteiger partial charge on any atom is -0.225 e. The lowest BCUT2D eigenvalue weighted by Crippen LogP contribution is -2.11. The zero-order valence-electron chi connectivity index (χ0n) is 8.47. The highest BCUT2D eigenvalue weighted by Crippen LogP contribution is 2.33. The molecule has 3 heteroatoms.